The van der Waals surface area contributed by atoms with Gasteiger partial charge in [0.15, 0.2) is 5.82 Å². The summed E-state index contributed by atoms with van der Waals surface area (Å²) in [7, 11) is 0. The first kappa shape index (κ1) is 12.7. The number of anilines is 1. The highest BCUT2D eigenvalue weighted by Gasteiger charge is 2.16. The van der Waals surface area contributed by atoms with Crippen molar-refractivity contribution in [2.75, 3.05) is 5.32 Å². The molecule has 0 aliphatic carbocycles. The molecule has 1 heterocycles. The van der Waals surface area contributed by atoms with Crippen molar-refractivity contribution in [2.45, 2.75) is 13.3 Å². The van der Waals surface area contributed by atoms with Crippen LogP contribution in [0.1, 0.15) is 11.3 Å². The summed E-state index contributed by atoms with van der Waals surface area (Å²) in [4.78, 5) is 22.1. The molecule has 1 N–H and O–H groups in total. The van der Waals surface area contributed by atoms with E-state index in [1.54, 1.807) is 31.2 Å². The molecular weight excluding hydrogens is 250 g/mol. The van der Waals surface area contributed by atoms with Crippen molar-refractivity contribution in [2.24, 2.45) is 0 Å². The van der Waals surface area contributed by atoms with Crippen molar-refractivity contribution >= 4 is 17.4 Å². The van der Waals surface area contributed by atoms with Crippen LogP contribution in [-0.2, 0) is 11.2 Å². The van der Waals surface area contributed by atoms with Gasteiger partial charge in [-0.3, -0.25) is 14.9 Å². The number of aromatic nitrogens is 1. The number of hydrogen-bond donors (Lipinski definition) is 1. The van der Waals surface area contributed by atoms with Crippen LogP contribution >= 0.6 is 0 Å². The molecule has 0 fully saturated rings. The maximum Gasteiger partial charge on any atom is 0.273 e. The number of carbonyl (C=O) groups is 1. The van der Waals surface area contributed by atoms with Crippen LogP contribution in [0.3, 0.4) is 0 Å². The number of benzene rings is 1. The third kappa shape index (κ3) is 3.15. The Labute approximate surface area is 108 Å². The molecular formula is C12H11N3O4. The quantitative estimate of drug-likeness (QED) is 0.671. The minimum atomic E-state index is -0.511. The molecule has 0 unspecified atom stereocenters. The topological polar surface area (TPSA) is 98.3 Å². The zero-order valence-electron chi connectivity index (χ0n) is 10.1. The maximum absolute atomic E-state index is 11.8. The number of carbonyl (C=O) groups excluding carboxylic acids is 1. The molecule has 2 rings (SSSR count). The van der Waals surface area contributed by atoms with E-state index in [4.69, 9.17) is 4.52 Å². The lowest BCUT2D eigenvalue weighted by molar-refractivity contribution is -0.385. The standard InChI is InChI=1S/C12H11N3O4/c1-8-6-11(14-19-8)13-12(16)7-9-4-2-3-5-10(9)15(17)18/h2-6H,7H2,1H3,(H,13,14,16). The second-order valence-corrected chi connectivity index (χ2v) is 3.93. The van der Waals surface area contributed by atoms with Gasteiger partial charge in [0, 0.05) is 17.7 Å². The average Bonchev–Trinajstić information content (AvgIpc) is 2.75. The van der Waals surface area contributed by atoms with E-state index in [9.17, 15) is 14.9 Å². The predicted octanol–water partition coefficient (Wildman–Crippen LogP) is 2.07. The summed E-state index contributed by atoms with van der Waals surface area (Å²) in [6.45, 7) is 1.70. The Morgan fingerprint density at radius 2 is 2.21 bits per heavy atom. The summed E-state index contributed by atoms with van der Waals surface area (Å²) < 4.78 is 4.80. The Kier molecular flexibility index (Phi) is 3.56. The van der Waals surface area contributed by atoms with Crippen LogP contribution in [-0.4, -0.2) is 16.0 Å². The average molecular weight is 261 g/mol. The molecule has 1 aromatic carbocycles. The number of nitrogens with one attached hydrogen (secondary N) is 1. The maximum atomic E-state index is 11.8. The number of nitrogens with zero attached hydrogens (tertiary/aromatic N) is 2. The molecule has 2 aromatic rings. The van der Waals surface area contributed by atoms with Crippen LogP contribution < -0.4 is 5.32 Å². The van der Waals surface area contributed by atoms with Crippen LogP contribution in [0, 0.1) is 17.0 Å². The molecule has 0 saturated heterocycles. The summed E-state index contributed by atoms with van der Waals surface area (Å²) in [5.74, 6) is 0.477. The van der Waals surface area contributed by atoms with Crippen molar-refractivity contribution in [3.63, 3.8) is 0 Å². The first-order valence-corrected chi connectivity index (χ1v) is 5.51. The highest BCUT2D eigenvalue weighted by molar-refractivity contribution is 5.91. The predicted molar refractivity (Wildman–Crippen MR) is 66.7 cm³/mol. The molecule has 0 bridgehead atoms. The molecule has 0 atom stereocenters. The number of amides is 1. The molecule has 7 heteroatoms. The highest BCUT2D eigenvalue weighted by atomic mass is 16.6. The molecule has 0 saturated carbocycles. The Morgan fingerprint density at radius 3 is 2.84 bits per heavy atom. The molecule has 98 valence electrons. The van der Waals surface area contributed by atoms with Crippen molar-refractivity contribution in [1.82, 2.24) is 5.16 Å². The van der Waals surface area contributed by atoms with Gasteiger partial charge in [-0.1, -0.05) is 23.4 Å². The molecule has 19 heavy (non-hydrogen) atoms. The molecule has 0 aliphatic heterocycles. The molecule has 0 radical (unpaired) electrons. The summed E-state index contributed by atoms with van der Waals surface area (Å²) >= 11 is 0. The molecule has 1 aromatic heterocycles. The number of hydrogen-bond acceptors (Lipinski definition) is 5. The van der Waals surface area contributed by atoms with E-state index in [2.05, 4.69) is 10.5 Å². The third-order valence-corrected chi connectivity index (χ3v) is 2.43. The number of nitro groups is 1. The Morgan fingerprint density at radius 1 is 1.47 bits per heavy atom. The van der Waals surface area contributed by atoms with Crippen molar-refractivity contribution in [3.8, 4) is 0 Å². The Bertz CT molecular complexity index is 621. The summed E-state index contributed by atoms with van der Waals surface area (Å²) in [5, 5.41) is 16.9. The first-order valence-electron chi connectivity index (χ1n) is 5.51. The molecule has 0 aliphatic rings. The molecule has 0 spiro atoms. The van der Waals surface area contributed by atoms with Gasteiger partial charge in [-0.05, 0) is 6.92 Å². The minimum Gasteiger partial charge on any atom is -0.360 e. The van der Waals surface area contributed by atoms with Gasteiger partial charge < -0.3 is 9.84 Å². The number of nitro benzene ring substituents is 1. The minimum absolute atomic E-state index is 0.0750. The van der Waals surface area contributed by atoms with Gasteiger partial charge >= 0.3 is 0 Å². The van der Waals surface area contributed by atoms with E-state index in [-0.39, 0.29) is 18.0 Å². The number of aryl methyl sites for hydroxylation is 1. The van der Waals surface area contributed by atoms with E-state index in [0.717, 1.165) is 0 Å². The van der Waals surface area contributed by atoms with Gasteiger partial charge in [-0.25, -0.2) is 0 Å². The lowest BCUT2D eigenvalue weighted by Crippen LogP contribution is -2.15. The van der Waals surface area contributed by atoms with Crippen LogP contribution in [0.4, 0.5) is 11.5 Å². The number of para-hydroxylation sites is 1. The second kappa shape index (κ2) is 5.30. The van der Waals surface area contributed by atoms with Crippen LogP contribution in [0.2, 0.25) is 0 Å². The third-order valence-electron chi connectivity index (χ3n) is 2.43. The van der Waals surface area contributed by atoms with Crippen LogP contribution in [0.25, 0.3) is 0 Å². The SMILES string of the molecule is Cc1cc(NC(=O)Cc2ccccc2[N+](=O)[O-])no1. The smallest absolute Gasteiger partial charge is 0.273 e. The van der Waals surface area contributed by atoms with Gasteiger partial charge in [0.1, 0.15) is 5.76 Å². The fourth-order valence-electron chi connectivity index (χ4n) is 1.62. The second-order valence-electron chi connectivity index (χ2n) is 3.93. The first-order chi connectivity index (χ1) is 9.06. The normalized spacial score (nSPS) is 10.2. The zero-order valence-corrected chi connectivity index (χ0v) is 10.1. The van der Waals surface area contributed by atoms with E-state index >= 15 is 0 Å². The van der Waals surface area contributed by atoms with E-state index < -0.39 is 4.92 Å². The summed E-state index contributed by atoms with van der Waals surface area (Å²) in [6, 6.07) is 7.68. The van der Waals surface area contributed by atoms with Gasteiger partial charge in [-0.2, -0.15) is 0 Å². The van der Waals surface area contributed by atoms with Gasteiger partial charge in [0.05, 0.1) is 11.3 Å². The van der Waals surface area contributed by atoms with Crippen molar-refractivity contribution < 1.29 is 14.2 Å². The lowest BCUT2D eigenvalue weighted by atomic mass is 10.1. The van der Waals surface area contributed by atoms with Gasteiger partial charge in [0.25, 0.3) is 5.69 Å². The fraction of sp³-hybridized carbons (Fsp3) is 0.167. The van der Waals surface area contributed by atoms with Crippen molar-refractivity contribution in [1.29, 1.82) is 0 Å². The van der Waals surface area contributed by atoms with E-state index in [0.29, 0.717) is 17.1 Å². The molecule has 7 nitrogen and oxygen atoms in total. The summed E-state index contributed by atoms with van der Waals surface area (Å²) in [5.41, 5.74) is 0.277. The largest absolute Gasteiger partial charge is 0.360 e. The van der Waals surface area contributed by atoms with Gasteiger partial charge in [0.2, 0.25) is 5.91 Å². The fourth-order valence-corrected chi connectivity index (χ4v) is 1.62. The number of rotatable bonds is 4. The molecule has 1 amide bonds. The van der Waals surface area contributed by atoms with E-state index in [1.807, 2.05) is 0 Å². The Balaban J connectivity index is 2.09. The highest BCUT2D eigenvalue weighted by Crippen LogP contribution is 2.18. The zero-order chi connectivity index (χ0) is 13.8. The van der Waals surface area contributed by atoms with Crippen LogP contribution in [0.15, 0.2) is 34.9 Å². The monoisotopic (exact) mass is 261 g/mol. The Hall–Kier alpha value is -2.70. The summed E-state index contributed by atoms with van der Waals surface area (Å²) in [6.07, 6.45) is -0.0942. The lowest BCUT2D eigenvalue weighted by Gasteiger charge is -2.02. The van der Waals surface area contributed by atoms with Crippen LogP contribution in [0.5, 0.6) is 0 Å². The van der Waals surface area contributed by atoms with Gasteiger partial charge in [-0.15, -0.1) is 0 Å². The van der Waals surface area contributed by atoms with E-state index in [1.165, 1.54) is 6.07 Å². The van der Waals surface area contributed by atoms with Crippen molar-refractivity contribution in [3.05, 3.63) is 51.8 Å².